The number of nitrogens with two attached hydrogens (primary N) is 1. The second kappa shape index (κ2) is 6.45. The Bertz CT molecular complexity index is 700. The number of hydrogen-bond acceptors (Lipinski definition) is 2. The third kappa shape index (κ3) is 3.64. The fourth-order valence-electron chi connectivity index (χ4n) is 1.93. The molecule has 0 fully saturated rings. The highest BCUT2D eigenvalue weighted by Crippen LogP contribution is 2.12. The van der Waals surface area contributed by atoms with Crippen LogP contribution in [0.3, 0.4) is 0 Å². The smallest absolute Gasteiger partial charge is 0.254 e. The van der Waals surface area contributed by atoms with Crippen LogP contribution in [0.5, 0.6) is 0 Å². The van der Waals surface area contributed by atoms with Crippen molar-refractivity contribution in [1.29, 1.82) is 0 Å². The highest BCUT2D eigenvalue weighted by atomic mass is 32.1. The molecule has 0 aliphatic carbocycles. The molecule has 0 saturated carbocycles. The van der Waals surface area contributed by atoms with Gasteiger partial charge < -0.3 is 11.1 Å². The normalized spacial score (nSPS) is 10.2. The van der Waals surface area contributed by atoms with Gasteiger partial charge in [-0.05, 0) is 30.2 Å². The van der Waals surface area contributed by atoms with Crippen LogP contribution in [-0.2, 0) is 6.54 Å². The summed E-state index contributed by atoms with van der Waals surface area (Å²) in [4.78, 5) is 12.3. The van der Waals surface area contributed by atoms with Crippen LogP contribution in [0.25, 0.3) is 0 Å². The van der Waals surface area contributed by atoms with Crippen LogP contribution in [0.2, 0.25) is 0 Å². The standard InChI is InChI=1S/C16H15FN2OS/c1-10-4-2-7-13(14(10)17)16(20)19-9-11-5-3-6-12(8-11)15(18)21/h2-8H,9H2,1H3,(H2,18,21)(H,19,20). The van der Waals surface area contributed by atoms with Gasteiger partial charge in [0.2, 0.25) is 0 Å². The SMILES string of the molecule is Cc1cccc(C(=O)NCc2cccc(C(N)=S)c2)c1F. The molecule has 0 spiro atoms. The van der Waals surface area contributed by atoms with E-state index in [9.17, 15) is 9.18 Å². The van der Waals surface area contributed by atoms with E-state index in [4.69, 9.17) is 18.0 Å². The number of carbonyl (C=O) groups excluding carboxylic acids is 1. The lowest BCUT2D eigenvalue weighted by molar-refractivity contribution is 0.0946. The Hall–Kier alpha value is -2.27. The highest BCUT2D eigenvalue weighted by molar-refractivity contribution is 7.80. The number of carbonyl (C=O) groups is 1. The van der Waals surface area contributed by atoms with Gasteiger partial charge in [0.25, 0.3) is 5.91 Å². The molecule has 1 amide bonds. The summed E-state index contributed by atoms with van der Waals surface area (Å²) in [5, 5.41) is 2.69. The van der Waals surface area contributed by atoms with Crippen molar-refractivity contribution in [2.24, 2.45) is 5.73 Å². The first-order valence-electron chi connectivity index (χ1n) is 6.41. The first-order chi connectivity index (χ1) is 9.99. The van der Waals surface area contributed by atoms with Gasteiger partial charge in [0.15, 0.2) is 0 Å². The summed E-state index contributed by atoms with van der Waals surface area (Å²) in [6.45, 7) is 1.90. The Morgan fingerprint density at radius 3 is 2.71 bits per heavy atom. The molecule has 21 heavy (non-hydrogen) atoms. The number of nitrogens with one attached hydrogen (secondary N) is 1. The lowest BCUT2D eigenvalue weighted by Gasteiger charge is -2.08. The van der Waals surface area contributed by atoms with Gasteiger partial charge in [-0.2, -0.15) is 0 Å². The van der Waals surface area contributed by atoms with Crippen molar-refractivity contribution in [1.82, 2.24) is 5.32 Å². The molecular formula is C16H15FN2OS. The molecule has 2 aromatic carbocycles. The summed E-state index contributed by atoms with van der Waals surface area (Å²) in [5.41, 5.74) is 7.63. The van der Waals surface area contributed by atoms with Crippen molar-refractivity contribution in [3.05, 3.63) is 70.5 Å². The number of halogens is 1. The van der Waals surface area contributed by atoms with E-state index in [1.165, 1.54) is 6.07 Å². The third-order valence-electron chi connectivity index (χ3n) is 3.10. The molecule has 0 aliphatic heterocycles. The summed E-state index contributed by atoms with van der Waals surface area (Å²) in [6, 6.07) is 12.0. The molecule has 0 aromatic heterocycles. The predicted octanol–water partition coefficient (Wildman–Crippen LogP) is 2.70. The average Bonchev–Trinajstić information content (AvgIpc) is 2.48. The predicted molar refractivity (Wildman–Crippen MR) is 84.6 cm³/mol. The monoisotopic (exact) mass is 302 g/mol. The van der Waals surface area contributed by atoms with Crippen molar-refractivity contribution >= 4 is 23.1 Å². The molecule has 2 aromatic rings. The summed E-state index contributed by atoms with van der Waals surface area (Å²) in [5.74, 6) is -0.941. The topological polar surface area (TPSA) is 55.1 Å². The van der Waals surface area contributed by atoms with Gasteiger partial charge in [0, 0.05) is 12.1 Å². The number of amides is 1. The van der Waals surface area contributed by atoms with Gasteiger partial charge in [-0.1, -0.05) is 42.5 Å². The van der Waals surface area contributed by atoms with E-state index in [0.29, 0.717) is 10.6 Å². The van der Waals surface area contributed by atoms with Gasteiger partial charge in [-0.3, -0.25) is 4.79 Å². The molecular weight excluding hydrogens is 287 g/mol. The van der Waals surface area contributed by atoms with E-state index >= 15 is 0 Å². The number of rotatable bonds is 4. The number of hydrogen-bond donors (Lipinski definition) is 2. The molecule has 3 N–H and O–H groups in total. The fraction of sp³-hybridized carbons (Fsp3) is 0.125. The van der Waals surface area contributed by atoms with Crippen LogP contribution in [0.15, 0.2) is 42.5 Å². The second-order valence-electron chi connectivity index (χ2n) is 4.68. The minimum absolute atomic E-state index is 0.0421. The Morgan fingerprint density at radius 2 is 2.00 bits per heavy atom. The minimum Gasteiger partial charge on any atom is -0.389 e. The van der Waals surface area contributed by atoms with Crippen LogP contribution in [-0.4, -0.2) is 10.9 Å². The second-order valence-corrected chi connectivity index (χ2v) is 5.12. The van der Waals surface area contributed by atoms with E-state index < -0.39 is 11.7 Å². The van der Waals surface area contributed by atoms with Crippen molar-refractivity contribution in [3.8, 4) is 0 Å². The first-order valence-corrected chi connectivity index (χ1v) is 6.82. The minimum atomic E-state index is -0.494. The Morgan fingerprint density at radius 1 is 1.29 bits per heavy atom. The van der Waals surface area contributed by atoms with Crippen LogP contribution >= 0.6 is 12.2 Å². The van der Waals surface area contributed by atoms with Crippen LogP contribution in [0, 0.1) is 12.7 Å². The molecule has 3 nitrogen and oxygen atoms in total. The van der Waals surface area contributed by atoms with Gasteiger partial charge in [0.1, 0.15) is 10.8 Å². The molecule has 108 valence electrons. The summed E-state index contributed by atoms with van der Waals surface area (Å²) in [6.07, 6.45) is 0. The molecule has 0 atom stereocenters. The Kier molecular flexibility index (Phi) is 4.65. The van der Waals surface area contributed by atoms with Gasteiger partial charge in [-0.15, -0.1) is 0 Å². The molecule has 0 bridgehead atoms. The number of thiocarbonyl (C=S) groups is 1. The zero-order valence-corrected chi connectivity index (χ0v) is 12.3. The van der Waals surface area contributed by atoms with Crippen LogP contribution in [0.4, 0.5) is 4.39 Å². The van der Waals surface area contributed by atoms with Crippen molar-refractivity contribution in [2.45, 2.75) is 13.5 Å². The first kappa shape index (κ1) is 15.1. The van der Waals surface area contributed by atoms with Gasteiger partial charge in [-0.25, -0.2) is 4.39 Å². The van der Waals surface area contributed by atoms with Crippen molar-refractivity contribution < 1.29 is 9.18 Å². The molecule has 0 saturated heterocycles. The van der Waals surface area contributed by atoms with E-state index in [-0.39, 0.29) is 12.1 Å². The van der Waals surface area contributed by atoms with E-state index in [2.05, 4.69) is 5.32 Å². The maximum atomic E-state index is 13.9. The molecule has 0 unspecified atom stereocenters. The number of aryl methyl sites for hydroxylation is 1. The summed E-state index contributed by atoms with van der Waals surface area (Å²) in [7, 11) is 0. The molecule has 5 heteroatoms. The third-order valence-corrected chi connectivity index (χ3v) is 3.34. The van der Waals surface area contributed by atoms with Crippen molar-refractivity contribution in [2.75, 3.05) is 0 Å². The quantitative estimate of drug-likeness (QED) is 0.854. The summed E-state index contributed by atoms with van der Waals surface area (Å²) >= 11 is 4.91. The molecule has 0 heterocycles. The highest BCUT2D eigenvalue weighted by Gasteiger charge is 2.12. The van der Waals surface area contributed by atoms with E-state index in [0.717, 1.165) is 11.1 Å². The zero-order valence-electron chi connectivity index (χ0n) is 11.5. The Balaban J connectivity index is 2.09. The average molecular weight is 302 g/mol. The lowest BCUT2D eigenvalue weighted by Crippen LogP contribution is -2.24. The maximum absolute atomic E-state index is 13.9. The maximum Gasteiger partial charge on any atom is 0.254 e. The van der Waals surface area contributed by atoms with E-state index in [1.54, 1.807) is 31.2 Å². The fourth-order valence-corrected chi connectivity index (χ4v) is 2.06. The Labute approximate surface area is 128 Å². The molecule has 0 radical (unpaired) electrons. The van der Waals surface area contributed by atoms with Crippen molar-refractivity contribution in [3.63, 3.8) is 0 Å². The molecule has 2 rings (SSSR count). The largest absolute Gasteiger partial charge is 0.389 e. The molecule has 0 aliphatic rings. The van der Waals surface area contributed by atoms with E-state index in [1.807, 2.05) is 12.1 Å². The lowest BCUT2D eigenvalue weighted by atomic mass is 10.1. The number of benzene rings is 2. The van der Waals surface area contributed by atoms with Gasteiger partial charge >= 0.3 is 0 Å². The zero-order chi connectivity index (χ0) is 15.4. The van der Waals surface area contributed by atoms with Gasteiger partial charge in [0.05, 0.1) is 5.56 Å². The van der Waals surface area contributed by atoms with Crippen LogP contribution < -0.4 is 11.1 Å². The van der Waals surface area contributed by atoms with Crippen LogP contribution in [0.1, 0.15) is 27.0 Å². The summed E-state index contributed by atoms with van der Waals surface area (Å²) < 4.78 is 13.9.